The highest BCUT2D eigenvalue weighted by molar-refractivity contribution is 9.10. The molecule has 2 N–H and O–H groups in total. The van der Waals surface area contributed by atoms with Gasteiger partial charge in [0.25, 0.3) is 0 Å². The molecule has 0 radical (unpaired) electrons. The molecular weight excluding hydrogens is 276 g/mol. The number of likely N-dealkylation sites (tertiary alicyclic amines) is 1. The van der Waals surface area contributed by atoms with Gasteiger partial charge >= 0.3 is 0 Å². The number of nitrogens with two attached hydrogens (primary N) is 1. The predicted molar refractivity (Wildman–Crippen MR) is 75.9 cm³/mol. The van der Waals surface area contributed by atoms with Crippen LogP contribution < -0.4 is 5.73 Å². The third-order valence-corrected chi connectivity index (χ3v) is 4.62. The summed E-state index contributed by atoms with van der Waals surface area (Å²) in [4.78, 5) is 2.54. The van der Waals surface area contributed by atoms with Gasteiger partial charge in [0.15, 0.2) is 0 Å². The molecule has 0 bridgehead atoms. The number of halogens is 1. The van der Waals surface area contributed by atoms with E-state index >= 15 is 0 Å². The first-order valence-electron chi connectivity index (χ1n) is 6.33. The van der Waals surface area contributed by atoms with Crippen LogP contribution in [0.2, 0.25) is 0 Å². The van der Waals surface area contributed by atoms with Crippen molar-refractivity contribution in [1.82, 2.24) is 4.90 Å². The van der Waals surface area contributed by atoms with Crippen LogP contribution in [0.5, 0.6) is 0 Å². The number of hydrogen-bond donors (Lipinski definition) is 1. The second-order valence-electron chi connectivity index (χ2n) is 5.10. The smallest absolute Gasteiger partial charge is 0.0331 e. The van der Waals surface area contributed by atoms with Crippen LogP contribution in [0.4, 0.5) is 0 Å². The van der Waals surface area contributed by atoms with Crippen molar-refractivity contribution in [1.29, 1.82) is 0 Å². The van der Waals surface area contributed by atoms with Crippen LogP contribution in [0.15, 0.2) is 28.7 Å². The number of hydrogen-bond acceptors (Lipinski definition) is 2. The van der Waals surface area contributed by atoms with Crippen LogP contribution in [-0.2, 0) is 0 Å². The van der Waals surface area contributed by atoms with Gasteiger partial charge in [-0.3, -0.25) is 4.90 Å². The highest BCUT2D eigenvalue weighted by Gasteiger charge is 2.29. The largest absolute Gasteiger partial charge is 0.328 e. The summed E-state index contributed by atoms with van der Waals surface area (Å²) in [5.41, 5.74) is 7.37. The fraction of sp³-hybridized carbons (Fsp3) is 0.571. The Balaban J connectivity index is 2.07. The summed E-state index contributed by atoms with van der Waals surface area (Å²) < 4.78 is 1.21. The van der Waals surface area contributed by atoms with Crippen molar-refractivity contribution in [3.63, 3.8) is 0 Å². The molecule has 94 valence electrons. The lowest BCUT2D eigenvalue weighted by molar-refractivity contribution is 0.247. The molecule has 1 aliphatic heterocycles. The maximum absolute atomic E-state index is 5.99. The zero-order valence-corrected chi connectivity index (χ0v) is 12.2. The van der Waals surface area contributed by atoms with Gasteiger partial charge in [-0.15, -0.1) is 0 Å². The Labute approximate surface area is 112 Å². The van der Waals surface area contributed by atoms with Crippen LogP contribution in [0.1, 0.15) is 31.9 Å². The molecule has 1 fully saturated rings. The van der Waals surface area contributed by atoms with Gasteiger partial charge in [0.1, 0.15) is 0 Å². The molecule has 0 saturated carbocycles. The summed E-state index contributed by atoms with van der Waals surface area (Å²) >= 11 is 3.64. The fourth-order valence-electron chi connectivity index (χ4n) is 2.61. The highest BCUT2D eigenvalue weighted by Crippen LogP contribution is 2.31. The molecule has 1 aromatic carbocycles. The molecule has 0 spiro atoms. The molecule has 1 aliphatic rings. The molecule has 1 aromatic rings. The predicted octanol–water partition coefficient (Wildman–Crippen LogP) is 3.18. The van der Waals surface area contributed by atoms with Gasteiger partial charge in [0, 0.05) is 23.1 Å². The second-order valence-corrected chi connectivity index (χ2v) is 5.95. The summed E-state index contributed by atoms with van der Waals surface area (Å²) in [7, 11) is 0. The maximum Gasteiger partial charge on any atom is 0.0331 e. The van der Waals surface area contributed by atoms with E-state index in [-0.39, 0.29) is 0 Å². The zero-order valence-electron chi connectivity index (χ0n) is 10.6. The SMILES string of the molecule is CC(N)C1CCN(C(C)c2ccccc2Br)C1. The Kier molecular flexibility index (Phi) is 4.23. The van der Waals surface area contributed by atoms with Crippen LogP contribution in [-0.4, -0.2) is 24.0 Å². The molecule has 3 atom stereocenters. The van der Waals surface area contributed by atoms with E-state index in [1.807, 2.05) is 0 Å². The summed E-state index contributed by atoms with van der Waals surface area (Å²) in [5, 5.41) is 0. The van der Waals surface area contributed by atoms with Crippen molar-refractivity contribution in [2.45, 2.75) is 32.4 Å². The molecule has 1 saturated heterocycles. The molecule has 1 heterocycles. The first-order valence-corrected chi connectivity index (χ1v) is 7.13. The molecule has 2 nitrogen and oxygen atoms in total. The lowest BCUT2D eigenvalue weighted by Crippen LogP contribution is -2.31. The lowest BCUT2D eigenvalue weighted by atomic mass is 10.0. The third kappa shape index (κ3) is 2.90. The topological polar surface area (TPSA) is 29.3 Å². The summed E-state index contributed by atoms with van der Waals surface area (Å²) in [6.45, 7) is 6.69. The van der Waals surface area contributed by atoms with E-state index in [4.69, 9.17) is 5.73 Å². The van der Waals surface area contributed by atoms with Crippen molar-refractivity contribution < 1.29 is 0 Å². The monoisotopic (exact) mass is 296 g/mol. The lowest BCUT2D eigenvalue weighted by Gasteiger charge is -2.26. The average Bonchev–Trinajstić information content (AvgIpc) is 2.78. The van der Waals surface area contributed by atoms with Crippen molar-refractivity contribution in [3.05, 3.63) is 34.3 Å². The Morgan fingerprint density at radius 1 is 1.35 bits per heavy atom. The quantitative estimate of drug-likeness (QED) is 0.928. The van der Waals surface area contributed by atoms with Crippen LogP contribution >= 0.6 is 15.9 Å². The minimum atomic E-state index is 0.311. The first kappa shape index (κ1) is 13.1. The van der Waals surface area contributed by atoms with Crippen LogP contribution in [0.3, 0.4) is 0 Å². The van der Waals surface area contributed by atoms with Crippen LogP contribution in [0, 0.1) is 5.92 Å². The standard InChI is InChI=1S/C14H21BrN2/c1-10(16)12-7-8-17(9-12)11(2)13-5-3-4-6-14(13)15/h3-6,10-12H,7-9,16H2,1-2H3. The van der Waals surface area contributed by atoms with E-state index in [0.29, 0.717) is 18.0 Å². The van der Waals surface area contributed by atoms with E-state index in [0.717, 1.165) is 13.1 Å². The molecule has 0 aromatic heterocycles. The van der Waals surface area contributed by atoms with Crippen molar-refractivity contribution >= 4 is 15.9 Å². The van der Waals surface area contributed by atoms with Gasteiger partial charge in [-0.1, -0.05) is 34.1 Å². The van der Waals surface area contributed by atoms with E-state index < -0.39 is 0 Å². The van der Waals surface area contributed by atoms with Crippen LogP contribution in [0.25, 0.3) is 0 Å². The zero-order chi connectivity index (χ0) is 12.4. The van der Waals surface area contributed by atoms with Gasteiger partial charge < -0.3 is 5.73 Å². The normalized spacial score (nSPS) is 24.8. The Morgan fingerprint density at radius 2 is 2.06 bits per heavy atom. The fourth-order valence-corrected chi connectivity index (χ4v) is 3.22. The minimum absolute atomic E-state index is 0.311. The van der Waals surface area contributed by atoms with Crippen molar-refractivity contribution in [2.24, 2.45) is 11.7 Å². The summed E-state index contributed by atoms with van der Waals surface area (Å²) in [6, 6.07) is 9.27. The molecule has 0 aliphatic carbocycles. The Hall–Kier alpha value is -0.380. The molecule has 17 heavy (non-hydrogen) atoms. The van der Waals surface area contributed by atoms with E-state index in [2.05, 4.69) is 58.9 Å². The molecule has 3 heteroatoms. The van der Waals surface area contributed by atoms with E-state index in [1.165, 1.54) is 16.5 Å². The van der Waals surface area contributed by atoms with E-state index in [9.17, 15) is 0 Å². The molecule has 3 unspecified atom stereocenters. The Morgan fingerprint density at radius 3 is 2.65 bits per heavy atom. The van der Waals surface area contributed by atoms with Crippen molar-refractivity contribution in [3.8, 4) is 0 Å². The third-order valence-electron chi connectivity index (χ3n) is 3.90. The molecule has 2 rings (SSSR count). The van der Waals surface area contributed by atoms with Crippen molar-refractivity contribution in [2.75, 3.05) is 13.1 Å². The number of nitrogens with zero attached hydrogens (tertiary/aromatic N) is 1. The summed E-state index contributed by atoms with van der Waals surface area (Å²) in [5.74, 6) is 0.653. The van der Waals surface area contributed by atoms with Gasteiger partial charge in [0.05, 0.1) is 0 Å². The number of rotatable bonds is 3. The van der Waals surface area contributed by atoms with E-state index in [1.54, 1.807) is 0 Å². The molecular formula is C14H21BrN2. The summed E-state index contributed by atoms with van der Waals surface area (Å²) in [6.07, 6.45) is 1.23. The maximum atomic E-state index is 5.99. The minimum Gasteiger partial charge on any atom is -0.328 e. The van der Waals surface area contributed by atoms with Gasteiger partial charge in [0.2, 0.25) is 0 Å². The van der Waals surface area contributed by atoms with Gasteiger partial charge in [-0.05, 0) is 44.4 Å². The highest BCUT2D eigenvalue weighted by atomic mass is 79.9. The first-order chi connectivity index (χ1) is 8.09. The van der Waals surface area contributed by atoms with Gasteiger partial charge in [-0.25, -0.2) is 0 Å². The average molecular weight is 297 g/mol. The number of benzene rings is 1. The Bertz CT molecular complexity index is 378. The second kappa shape index (κ2) is 5.51. The molecule has 0 amide bonds. The van der Waals surface area contributed by atoms with Gasteiger partial charge in [-0.2, -0.15) is 0 Å².